The first kappa shape index (κ1) is 32.5. The monoisotopic (exact) mass is 821 g/mol. The van der Waals surface area contributed by atoms with Crippen molar-refractivity contribution in [1.29, 1.82) is 0 Å². The molecule has 3 aliphatic carbocycles. The van der Waals surface area contributed by atoms with E-state index in [0.717, 1.165) is 6.08 Å². The average molecular weight is 822 g/mol. The van der Waals surface area contributed by atoms with Gasteiger partial charge in [0, 0.05) is 23.1 Å². The second-order valence-electron chi connectivity index (χ2n) is 11.2. The number of carbonyl (C=O) groups is 4. The van der Waals surface area contributed by atoms with Gasteiger partial charge in [0.25, 0.3) is 0 Å². The minimum absolute atomic E-state index is 0.0354. The molecule has 4 aliphatic rings. The Hall–Kier alpha value is -3.47. The Labute approximate surface area is 278 Å². The Morgan fingerprint density at radius 3 is 2.15 bits per heavy atom. The van der Waals surface area contributed by atoms with Gasteiger partial charge < -0.3 is 9.84 Å². The van der Waals surface area contributed by atoms with Crippen molar-refractivity contribution >= 4 is 67.6 Å². The highest BCUT2D eigenvalue weighted by molar-refractivity contribution is 14.1. The number of fused-ring (bicyclic) bond motifs is 3. The van der Waals surface area contributed by atoms with Crippen LogP contribution in [0.2, 0.25) is 0 Å². The third kappa shape index (κ3) is 5.09. The summed E-state index contributed by atoms with van der Waals surface area (Å²) < 4.78 is 87.5. The van der Waals surface area contributed by atoms with Crippen molar-refractivity contribution < 1.29 is 55.4 Å². The van der Waals surface area contributed by atoms with Crippen LogP contribution in [0.25, 0.3) is 0 Å². The number of methoxy groups -OCH3 is 1. The van der Waals surface area contributed by atoms with Crippen molar-refractivity contribution in [2.75, 3.05) is 12.0 Å². The lowest BCUT2D eigenvalue weighted by atomic mass is 9.59. The maximum atomic E-state index is 14.0. The van der Waals surface area contributed by atoms with E-state index in [0.29, 0.717) is 31.7 Å². The van der Waals surface area contributed by atoms with Crippen molar-refractivity contribution in [3.05, 3.63) is 83.9 Å². The number of imide groups is 1. The van der Waals surface area contributed by atoms with Gasteiger partial charge in [-0.05, 0) is 93.2 Å². The summed E-state index contributed by atoms with van der Waals surface area (Å²) in [5.41, 5.74) is -3.14. The number of ether oxygens (including phenoxy) is 1. The first-order chi connectivity index (χ1) is 21.4. The molecule has 0 bridgehead atoms. The highest BCUT2D eigenvalue weighted by Gasteiger charge is 2.57. The lowest BCUT2D eigenvalue weighted by molar-refractivity contribution is -0.143. The van der Waals surface area contributed by atoms with Crippen LogP contribution in [0.5, 0.6) is 11.5 Å². The number of phenols is 1. The first-order valence-electron chi connectivity index (χ1n) is 13.6. The topological polar surface area (TPSA) is 101 Å². The van der Waals surface area contributed by atoms with Crippen molar-refractivity contribution in [2.45, 2.75) is 31.1 Å². The maximum absolute atomic E-state index is 14.0. The van der Waals surface area contributed by atoms with E-state index in [1.807, 2.05) is 22.6 Å². The molecule has 4 atom stereocenters. The molecule has 15 heteroatoms. The Balaban J connectivity index is 1.50. The maximum Gasteiger partial charge on any atom is 0.416 e. The minimum atomic E-state index is -5.21. The number of hydrogen-bond acceptors (Lipinski definition) is 6. The van der Waals surface area contributed by atoms with Crippen molar-refractivity contribution in [1.82, 2.24) is 0 Å². The smallest absolute Gasteiger partial charge is 0.416 e. The molecule has 1 fully saturated rings. The van der Waals surface area contributed by atoms with Gasteiger partial charge in [-0.1, -0.05) is 11.6 Å². The number of phenolic OH excluding ortho intramolecular Hbond substituents is 1. The molecule has 240 valence electrons. The molecular formula is C31H19BrF6INO6. The van der Waals surface area contributed by atoms with Gasteiger partial charge in [0.1, 0.15) is 0 Å². The molecule has 0 saturated carbocycles. The number of anilines is 1. The number of rotatable bonds is 3. The van der Waals surface area contributed by atoms with Gasteiger partial charge in [0.15, 0.2) is 23.1 Å². The van der Waals surface area contributed by atoms with Crippen LogP contribution in [0.4, 0.5) is 32.0 Å². The quantitative estimate of drug-likeness (QED) is 0.118. The van der Waals surface area contributed by atoms with Crippen molar-refractivity contribution in [2.24, 2.45) is 17.8 Å². The third-order valence-corrected chi connectivity index (χ3v) is 10.2. The van der Waals surface area contributed by atoms with Crippen molar-refractivity contribution in [3.63, 3.8) is 0 Å². The van der Waals surface area contributed by atoms with Gasteiger partial charge in [-0.3, -0.25) is 19.2 Å². The predicted molar refractivity (Wildman–Crippen MR) is 161 cm³/mol. The van der Waals surface area contributed by atoms with Gasteiger partial charge in [-0.25, -0.2) is 4.90 Å². The van der Waals surface area contributed by atoms with Crippen LogP contribution in [0.3, 0.4) is 0 Å². The van der Waals surface area contributed by atoms with Crippen LogP contribution < -0.4 is 9.64 Å². The van der Waals surface area contributed by atoms with E-state index in [9.17, 15) is 50.6 Å². The fourth-order valence-electron chi connectivity index (χ4n) is 6.82. The van der Waals surface area contributed by atoms with Crippen LogP contribution >= 0.6 is 38.5 Å². The summed E-state index contributed by atoms with van der Waals surface area (Å²) in [6.07, 6.45) is -7.93. The number of amides is 2. The summed E-state index contributed by atoms with van der Waals surface area (Å²) in [5, 5.41) is 10.5. The van der Waals surface area contributed by atoms with E-state index in [1.165, 1.54) is 13.2 Å². The van der Waals surface area contributed by atoms with E-state index in [-0.39, 0.29) is 46.0 Å². The molecule has 46 heavy (non-hydrogen) atoms. The SMILES string of the molecule is COc1cc([C@H]2C3=CC[C@@H]4C(=O)N(c5cc(C(F)(F)F)cc(C(F)(F)F)c5)C(=O)[C@@H]4[C@@H]3CC3=C2C(=O)C=C(Br)C3=O)cc(I)c1O. The number of alkyl halides is 6. The predicted octanol–water partition coefficient (Wildman–Crippen LogP) is 7.01. The number of aromatic hydroxyl groups is 1. The number of ketones is 2. The van der Waals surface area contributed by atoms with Crippen LogP contribution in [0.1, 0.15) is 35.4 Å². The largest absolute Gasteiger partial charge is 0.504 e. The Kier molecular flexibility index (Phi) is 7.81. The van der Waals surface area contributed by atoms with E-state index < -0.39 is 76.2 Å². The highest BCUT2D eigenvalue weighted by Crippen LogP contribution is 2.56. The van der Waals surface area contributed by atoms with Crippen LogP contribution in [-0.4, -0.2) is 35.6 Å². The third-order valence-electron chi connectivity index (χ3n) is 8.77. The molecule has 2 aromatic carbocycles. The highest BCUT2D eigenvalue weighted by atomic mass is 127. The average Bonchev–Trinajstić information content (AvgIpc) is 3.24. The molecule has 0 aromatic heterocycles. The lowest BCUT2D eigenvalue weighted by Gasteiger charge is -2.42. The number of carbonyl (C=O) groups excluding carboxylic acids is 4. The molecule has 1 N–H and O–H groups in total. The molecule has 0 radical (unpaired) electrons. The second-order valence-corrected chi connectivity index (χ2v) is 13.2. The van der Waals surface area contributed by atoms with E-state index in [4.69, 9.17) is 4.74 Å². The molecule has 2 aromatic rings. The molecule has 1 aliphatic heterocycles. The molecule has 0 spiro atoms. The number of Topliss-reactive ketones (excluding diaryl/α,β-unsaturated/α-hetero) is 1. The number of nitrogens with zero attached hydrogens (tertiary/aromatic N) is 1. The van der Waals surface area contributed by atoms with E-state index in [2.05, 4.69) is 15.9 Å². The normalized spacial score (nSPS) is 24.8. The zero-order valence-electron chi connectivity index (χ0n) is 23.2. The fraction of sp³-hybridized carbons (Fsp3) is 0.290. The van der Waals surface area contributed by atoms with Gasteiger partial charge in [0.2, 0.25) is 11.8 Å². The summed E-state index contributed by atoms with van der Waals surface area (Å²) in [5.74, 6) is -7.37. The molecule has 6 rings (SSSR count). The number of hydrogen-bond donors (Lipinski definition) is 1. The molecule has 2 amide bonds. The van der Waals surface area contributed by atoms with Gasteiger partial charge >= 0.3 is 12.4 Å². The summed E-state index contributed by atoms with van der Waals surface area (Å²) in [6, 6.07) is 3.62. The molecular weight excluding hydrogens is 803 g/mol. The van der Waals surface area contributed by atoms with Gasteiger partial charge in [0.05, 0.1) is 43.8 Å². The molecule has 1 saturated heterocycles. The van der Waals surface area contributed by atoms with E-state index in [1.54, 1.807) is 12.1 Å². The molecule has 1 heterocycles. The number of allylic oxidation sites excluding steroid dienone is 6. The summed E-state index contributed by atoms with van der Waals surface area (Å²) in [4.78, 5) is 54.8. The fourth-order valence-corrected chi connectivity index (χ4v) is 7.90. The Morgan fingerprint density at radius 2 is 1.57 bits per heavy atom. The Bertz CT molecular complexity index is 1830. The number of halogens is 8. The van der Waals surface area contributed by atoms with Crippen LogP contribution in [-0.2, 0) is 31.5 Å². The zero-order chi connectivity index (χ0) is 33.6. The van der Waals surface area contributed by atoms with Crippen molar-refractivity contribution in [3.8, 4) is 11.5 Å². The van der Waals surface area contributed by atoms with Crippen LogP contribution in [0.15, 0.2) is 63.7 Å². The summed E-state index contributed by atoms with van der Waals surface area (Å²) in [6.45, 7) is 0. The van der Waals surface area contributed by atoms with Gasteiger partial charge in [-0.15, -0.1) is 0 Å². The standard InChI is InChI=1S/C31H19BrF6INO6/c1-46-22-5-11(4-20(39)27(22)43)23-15-2-3-16-24(17(15)9-18-25(23)21(41)10-19(32)26(18)42)29(45)40(28(16)44)14-7-12(30(33,34)35)6-13(8-14)31(36,37)38/h2,4-8,10,16-17,23-24,43H,3,9H2,1H3/t16-,17+,23-,24-/m0/s1. The lowest BCUT2D eigenvalue weighted by Crippen LogP contribution is -2.39. The van der Waals surface area contributed by atoms with Gasteiger partial charge in [-0.2, -0.15) is 26.3 Å². The molecule has 0 unspecified atom stereocenters. The minimum Gasteiger partial charge on any atom is -0.504 e. The summed E-state index contributed by atoms with van der Waals surface area (Å²) in [7, 11) is 1.32. The molecule has 7 nitrogen and oxygen atoms in total. The van der Waals surface area contributed by atoms with Crippen LogP contribution in [0, 0.1) is 21.3 Å². The first-order valence-corrected chi connectivity index (χ1v) is 15.4. The second kappa shape index (κ2) is 11.1. The number of benzene rings is 2. The Morgan fingerprint density at radius 1 is 0.935 bits per heavy atom. The summed E-state index contributed by atoms with van der Waals surface area (Å²) >= 11 is 4.96. The van der Waals surface area contributed by atoms with E-state index >= 15 is 0 Å². The zero-order valence-corrected chi connectivity index (χ0v) is 27.0.